The van der Waals surface area contributed by atoms with Crippen LogP contribution in [0.3, 0.4) is 0 Å². The van der Waals surface area contributed by atoms with Crippen LogP contribution in [-0.4, -0.2) is 49.3 Å². The van der Waals surface area contributed by atoms with Crippen LogP contribution in [0.2, 0.25) is 0 Å². The summed E-state index contributed by atoms with van der Waals surface area (Å²) >= 11 is 0. The van der Waals surface area contributed by atoms with E-state index in [1.807, 2.05) is 0 Å². The van der Waals surface area contributed by atoms with Crippen LogP contribution in [0.1, 0.15) is 33.0 Å². The summed E-state index contributed by atoms with van der Waals surface area (Å²) in [4.78, 5) is 49.3. The molecule has 34 heavy (non-hydrogen) atoms. The van der Waals surface area contributed by atoms with E-state index in [2.05, 4.69) is 0 Å². The molecule has 0 spiro atoms. The van der Waals surface area contributed by atoms with E-state index in [0.717, 1.165) is 14.2 Å². The van der Waals surface area contributed by atoms with Gasteiger partial charge in [0.2, 0.25) is 0 Å². The van der Waals surface area contributed by atoms with Gasteiger partial charge in [-0.3, -0.25) is 19.7 Å². The number of hydrogen-bond acceptors (Lipinski definition) is 8. The Bertz CT molecular complexity index is 1270. The van der Waals surface area contributed by atoms with E-state index >= 15 is 0 Å². The van der Waals surface area contributed by atoms with Crippen molar-refractivity contribution in [2.24, 2.45) is 0 Å². The van der Waals surface area contributed by atoms with Gasteiger partial charge in [0.25, 0.3) is 5.69 Å². The molecule has 0 heterocycles. The highest BCUT2D eigenvalue weighted by Gasteiger charge is 2.40. The molecule has 3 rings (SSSR count). The van der Waals surface area contributed by atoms with Gasteiger partial charge in [-0.15, -0.1) is 0 Å². The van der Waals surface area contributed by atoms with Crippen LogP contribution in [0.25, 0.3) is 10.8 Å². The van der Waals surface area contributed by atoms with Crippen LogP contribution in [0.4, 0.5) is 5.69 Å². The van der Waals surface area contributed by atoms with Gasteiger partial charge in [0, 0.05) is 17.5 Å². The van der Waals surface area contributed by atoms with Crippen LogP contribution in [0.15, 0.2) is 48.5 Å². The van der Waals surface area contributed by atoms with Crippen molar-refractivity contribution in [3.05, 3.63) is 80.9 Å². The van der Waals surface area contributed by atoms with Crippen molar-refractivity contribution in [3.8, 4) is 5.75 Å². The topological polar surface area (TPSA) is 142 Å². The minimum atomic E-state index is -1.76. The number of carbonyl (C=O) groups is 3. The number of nitro benzene ring substituents is 1. The van der Waals surface area contributed by atoms with E-state index in [9.17, 15) is 29.6 Å². The molecule has 0 unspecified atom stereocenters. The predicted molar refractivity (Wildman–Crippen MR) is 120 cm³/mol. The summed E-state index contributed by atoms with van der Waals surface area (Å²) in [6.07, 6.45) is -0.158. The lowest BCUT2D eigenvalue weighted by molar-refractivity contribution is -0.383. The van der Waals surface area contributed by atoms with Crippen molar-refractivity contribution in [2.75, 3.05) is 21.3 Å². The molecule has 0 amide bonds. The molecule has 10 heteroatoms. The largest absolute Gasteiger partial charge is 0.497 e. The Morgan fingerprint density at radius 3 is 1.97 bits per heavy atom. The maximum absolute atomic E-state index is 12.6. The lowest BCUT2D eigenvalue weighted by atomic mass is 9.83. The van der Waals surface area contributed by atoms with E-state index in [-0.39, 0.29) is 28.3 Å². The van der Waals surface area contributed by atoms with Crippen molar-refractivity contribution in [2.45, 2.75) is 12.3 Å². The summed E-state index contributed by atoms with van der Waals surface area (Å²) < 4.78 is 14.6. The molecule has 1 N–H and O–H groups in total. The Hall–Kier alpha value is -4.47. The maximum Gasteiger partial charge on any atom is 0.336 e. The molecule has 0 saturated carbocycles. The Morgan fingerprint density at radius 2 is 1.50 bits per heavy atom. The predicted octanol–water partition coefficient (Wildman–Crippen LogP) is 3.48. The molecule has 0 aliphatic carbocycles. The molecule has 0 bridgehead atoms. The number of carbonyl (C=O) groups excluding carboxylic acids is 2. The number of ether oxygens (including phenoxy) is 3. The lowest BCUT2D eigenvalue weighted by Gasteiger charge is -2.20. The molecule has 0 aliphatic rings. The second kappa shape index (κ2) is 9.99. The molecule has 0 saturated heterocycles. The van der Waals surface area contributed by atoms with Gasteiger partial charge >= 0.3 is 17.9 Å². The zero-order chi connectivity index (χ0) is 25.0. The van der Waals surface area contributed by atoms with Crippen molar-refractivity contribution in [3.63, 3.8) is 0 Å². The molecule has 0 radical (unpaired) electrons. The number of methoxy groups -OCH3 is 3. The molecule has 176 valence electrons. The second-order valence-corrected chi connectivity index (χ2v) is 7.23. The average molecular weight is 467 g/mol. The Labute approximate surface area is 193 Å². The van der Waals surface area contributed by atoms with Gasteiger partial charge in [0.05, 0.1) is 37.2 Å². The third kappa shape index (κ3) is 4.38. The third-order valence-corrected chi connectivity index (χ3v) is 5.43. The zero-order valence-corrected chi connectivity index (χ0v) is 18.6. The fourth-order valence-electron chi connectivity index (χ4n) is 3.94. The Morgan fingerprint density at radius 1 is 0.941 bits per heavy atom. The average Bonchev–Trinajstić information content (AvgIpc) is 2.83. The van der Waals surface area contributed by atoms with Gasteiger partial charge in [0.1, 0.15) is 5.75 Å². The van der Waals surface area contributed by atoms with E-state index in [4.69, 9.17) is 14.2 Å². The van der Waals surface area contributed by atoms with Gasteiger partial charge in [-0.25, -0.2) is 4.79 Å². The zero-order valence-electron chi connectivity index (χ0n) is 18.6. The quantitative estimate of drug-likeness (QED) is 0.228. The normalized spacial score (nSPS) is 10.7. The lowest BCUT2D eigenvalue weighted by Crippen LogP contribution is -2.27. The van der Waals surface area contributed by atoms with Gasteiger partial charge in [0.15, 0.2) is 5.92 Å². The Balaban J connectivity index is 2.48. The third-order valence-electron chi connectivity index (χ3n) is 5.43. The molecule has 10 nitrogen and oxygen atoms in total. The van der Waals surface area contributed by atoms with E-state index < -0.39 is 40.0 Å². The number of carboxylic acid groups (broad SMARTS) is 1. The van der Waals surface area contributed by atoms with Gasteiger partial charge in [-0.1, -0.05) is 30.3 Å². The highest BCUT2D eigenvalue weighted by Crippen LogP contribution is 2.41. The standard InChI is InChI=1S/C24H21NO9/c1-32-14-10-8-13(9-11-14)12-17-19(22(26)27)18(20(23(28)33-2)24(29)34-3)15-6-4-5-7-16(15)21(17)25(30)31/h4-11,20H,12H2,1-3H3,(H,26,27). The number of fused-ring (bicyclic) bond motifs is 1. The fourth-order valence-corrected chi connectivity index (χ4v) is 3.94. The molecular formula is C24H21NO9. The van der Waals surface area contributed by atoms with Crippen molar-refractivity contribution in [1.29, 1.82) is 0 Å². The van der Waals surface area contributed by atoms with Crippen LogP contribution in [0.5, 0.6) is 5.75 Å². The SMILES string of the molecule is COC(=O)C(C(=O)OC)c1c(C(=O)O)c(Cc2ccc(OC)cc2)c([N+](=O)[O-])c2ccccc12. The first-order valence-corrected chi connectivity index (χ1v) is 9.98. The van der Waals surface area contributed by atoms with Gasteiger partial charge < -0.3 is 19.3 Å². The minimum Gasteiger partial charge on any atom is -0.497 e. The Kier molecular flexibility index (Phi) is 7.10. The summed E-state index contributed by atoms with van der Waals surface area (Å²) in [5, 5.41) is 22.5. The first-order chi connectivity index (χ1) is 16.2. The summed E-state index contributed by atoms with van der Waals surface area (Å²) in [6.45, 7) is 0. The molecular weight excluding hydrogens is 446 g/mol. The molecule has 0 atom stereocenters. The maximum atomic E-state index is 12.6. The summed E-state index contributed by atoms with van der Waals surface area (Å²) in [7, 11) is 3.58. The van der Waals surface area contributed by atoms with Gasteiger partial charge in [-0.05, 0) is 29.1 Å². The molecule has 3 aromatic rings. The number of benzene rings is 3. The number of carboxylic acids is 1. The number of nitro groups is 1. The monoisotopic (exact) mass is 467 g/mol. The van der Waals surface area contributed by atoms with Crippen LogP contribution in [0, 0.1) is 10.1 Å². The number of esters is 2. The summed E-state index contributed by atoms with van der Waals surface area (Å²) in [5.74, 6) is -4.86. The van der Waals surface area contributed by atoms with Crippen LogP contribution >= 0.6 is 0 Å². The number of hydrogen-bond donors (Lipinski definition) is 1. The number of aromatic carboxylic acids is 1. The number of nitrogens with zero attached hydrogens (tertiary/aromatic N) is 1. The van der Waals surface area contributed by atoms with Crippen LogP contribution in [-0.2, 0) is 25.5 Å². The molecule has 0 aliphatic heterocycles. The fraction of sp³-hybridized carbons (Fsp3) is 0.208. The van der Waals surface area contributed by atoms with E-state index in [0.29, 0.717) is 11.3 Å². The minimum absolute atomic E-state index is 0.0610. The highest BCUT2D eigenvalue weighted by molar-refractivity contribution is 6.12. The highest BCUT2D eigenvalue weighted by atomic mass is 16.6. The number of rotatable bonds is 8. The van der Waals surface area contributed by atoms with Crippen molar-refractivity contribution >= 4 is 34.4 Å². The van der Waals surface area contributed by atoms with E-state index in [1.165, 1.54) is 25.3 Å². The first kappa shape index (κ1) is 24.2. The summed E-state index contributed by atoms with van der Waals surface area (Å²) in [5.41, 5.74) is -0.784. The van der Waals surface area contributed by atoms with E-state index in [1.54, 1.807) is 30.3 Å². The molecule has 0 aromatic heterocycles. The second-order valence-electron chi connectivity index (χ2n) is 7.23. The van der Waals surface area contributed by atoms with Crippen molar-refractivity contribution in [1.82, 2.24) is 0 Å². The molecule has 3 aromatic carbocycles. The van der Waals surface area contributed by atoms with Crippen molar-refractivity contribution < 1.29 is 38.6 Å². The smallest absolute Gasteiger partial charge is 0.336 e. The molecule has 0 fully saturated rings. The van der Waals surface area contributed by atoms with Crippen LogP contribution < -0.4 is 4.74 Å². The van der Waals surface area contributed by atoms with Gasteiger partial charge in [-0.2, -0.15) is 0 Å². The summed E-state index contributed by atoms with van der Waals surface area (Å²) in [6, 6.07) is 12.5. The first-order valence-electron chi connectivity index (χ1n) is 9.98.